The Balaban J connectivity index is 1.52. The van der Waals surface area contributed by atoms with E-state index in [0.29, 0.717) is 17.6 Å². The molecule has 0 unspecified atom stereocenters. The summed E-state index contributed by atoms with van der Waals surface area (Å²) in [6.07, 6.45) is 0. The third kappa shape index (κ3) is 5.34. The fourth-order valence-electron chi connectivity index (χ4n) is 2.35. The van der Waals surface area contributed by atoms with Crippen molar-refractivity contribution in [2.24, 2.45) is 0 Å². The zero-order valence-corrected chi connectivity index (χ0v) is 16.3. The number of aromatic amines is 1. The molecule has 27 heavy (non-hydrogen) atoms. The second-order valence-electron chi connectivity index (χ2n) is 6.23. The van der Waals surface area contributed by atoms with E-state index in [1.54, 1.807) is 0 Å². The molecule has 0 saturated carbocycles. The van der Waals surface area contributed by atoms with Crippen LogP contribution in [-0.4, -0.2) is 26.3 Å². The lowest BCUT2D eigenvalue weighted by Gasteiger charge is -2.10. The molecule has 0 fully saturated rings. The zero-order valence-electron chi connectivity index (χ0n) is 15.5. The Morgan fingerprint density at radius 3 is 2.67 bits per heavy atom. The second-order valence-corrected chi connectivity index (χ2v) is 7.54. The topological polar surface area (TPSA) is 79.9 Å². The number of H-pyrrole nitrogens is 1. The average Bonchev–Trinajstić information content (AvgIpc) is 3.10. The first-order valence-corrected chi connectivity index (χ1v) is 9.53. The molecule has 1 heterocycles. The SMILES string of the molecule is Cc1ccc(NC(=O)[C@H](C)Sc2n[nH]c(COc3ccccc3C)n2)cc1. The molecule has 0 spiro atoms. The number of hydrogen-bond donors (Lipinski definition) is 2. The van der Waals surface area contributed by atoms with Crippen molar-refractivity contribution in [1.82, 2.24) is 15.2 Å². The molecule has 7 heteroatoms. The van der Waals surface area contributed by atoms with Gasteiger partial charge in [0, 0.05) is 5.69 Å². The smallest absolute Gasteiger partial charge is 0.237 e. The van der Waals surface area contributed by atoms with Crippen molar-refractivity contribution in [1.29, 1.82) is 0 Å². The molecule has 3 aromatic rings. The first-order chi connectivity index (χ1) is 13.0. The number of aryl methyl sites for hydroxylation is 2. The van der Waals surface area contributed by atoms with Gasteiger partial charge in [-0.15, -0.1) is 5.10 Å². The van der Waals surface area contributed by atoms with E-state index < -0.39 is 0 Å². The molecule has 6 nitrogen and oxygen atoms in total. The molecule has 0 aliphatic rings. The molecule has 0 aliphatic heterocycles. The van der Waals surface area contributed by atoms with Crippen molar-refractivity contribution in [2.45, 2.75) is 37.8 Å². The number of thioether (sulfide) groups is 1. The van der Waals surface area contributed by atoms with Crippen LogP contribution in [0.1, 0.15) is 23.9 Å². The molecule has 1 amide bonds. The Morgan fingerprint density at radius 2 is 1.93 bits per heavy atom. The molecule has 2 N–H and O–H groups in total. The number of nitrogens with one attached hydrogen (secondary N) is 2. The van der Waals surface area contributed by atoms with Crippen LogP contribution in [0.5, 0.6) is 5.75 Å². The van der Waals surface area contributed by atoms with Crippen LogP contribution in [0, 0.1) is 13.8 Å². The fourth-order valence-corrected chi connectivity index (χ4v) is 3.10. The molecule has 1 atom stereocenters. The van der Waals surface area contributed by atoms with Crippen molar-refractivity contribution in [3.8, 4) is 5.75 Å². The molecule has 0 radical (unpaired) electrons. The van der Waals surface area contributed by atoms with Crippen molar-refractivity contribution >= 4 is 23.4 Å². The predicted molar refractivity (Wildman–Crippen MR) is 107 cm³/mol. The van der Waals surface area contributed by atoms with E-state index in [0.717, 1.165) is 22.6 Å². The quantitative estimate of drug-likeness (QED) is 0.601. The standard InChI is InChI=1S/C20H22N4O2S/c1-13-8-10-16(11-9-13)21-19(25)15(3)27-20-22-18(23-24-20)12-26-17-7-5-4-6-14(17)2/h4-11,15H,12H2,1-3H3,(H,21,25)(H,22,23,24)/t15-/m0/s1. The maximum atomic E-state index is 12.3. The summed E-state index contributed by atoms with van der Waals surface area (Å²) < 4.78 is 5.75. The van der Waals surface area contributed by atoms with Gasteiger partial charge in [-0.05, 0) is 44.5 Å². The summed E-state index contributed by atoms with van der Waals surface area (Å²) in [6, 6.07) is 15.5. The molecular weight excluding hydrogens is 360 g/mol. The van der Waals surface area contributed by atoms with E-state index in [2.05, 4.69) is 20.5 Å². The van der Waals surface area contributed by atoms with Gasteiger partial charge in [0.1, 0.15) is 12.4 Å². The highest BCUT2D eigenvalue weighted by Gasteiger charge is 2.17. The van der Waals surface area contributed by atoms with Gasteiger partial charge in [-0.25, -0.2) is 4.98 Å². The molecule has 0 saturated heterocycles. The van der Waals surface area contributed by atoms with Gasteiger partial charge in [0.15, 0.2) is 5.82 Å². The van der Waals surface area contributed by atoms with E-state index in [9.17, 15) is 4.79 Å². The summed E-state index contributed by atoms with van der Waals surface area (Å²) in [6.45, 7) is 6.12. The summed E-state index contributed by atoms with van der Waals surface area (Å²) >= 11 is 1.30. The van der Waals surface area contributed by atoms with Crippen LogP contribution < -0.4 is 10.1 Å². The van der Waals surface area contributed by atoms with Crippen LogP contribution in [-0.2, 0) is 11.4 Å². The highest BCUT2D eigenvalue weighted by atomic mass is 32.2. The molecule has 140 valence electrons. The van der Waals surface area contributed by atoms with Gasteiger partial charge in [0.2, 0.25) is 11.1 Å². The summed E-state index contributed by atoms with van der Waals surface area (Å²) in [7, 11) is 0. The Kier molecular flexibility index (Phi) is 6.13. The minimum absolute atomic E-state index is 0.0913. The Labute approximate surface area is 162 Å². The monoisotopic (exact) mass is 382 g/mol. The van der Waals surface area contributed by atoms with Crippen molar-refractivity contribution in [3.63, 3.8) is 0 Å². The van der Waals surface area contributed by atoms with Crippen LogP contribution in [0.25, 0.3) is 0 Å². The van der Waals surface area contributed by atoms with Gasteiger partial charge in [-0.3, -0.25) is 9.89 Å². The van der Waals surface area contributed by atoms with E-state index in [-0.39, 0.29) is 11.2 Å². The van der Waals surface area contributed by atoms with Crippen LogP contribution in [0.2, 0.25) is 0 Å². The first kappa shape index (κ1) is 19.0. The zero-order chi connectivity index (χ0) is 19.2. The number of rotatable bonds is 7. The number of aromatic nitrogens is 3. The highest BCUT2D eigenvalue weighted by Crippen LogP contribution is 2.22. The maximum absolute atomic E-state index is 12.3. The van der Waals surface area contributed by atoms with Crippen molar-refractivity contribution in [3.05, 3.63) is 65.5 Å². The Hall–Kier alpha value is -2.80. The number of carbonyl (C=O) groups excluding carboxylic acids is 1. The van der Waals surface area contributed by atoms with Gasteiger partial charge in [0.05, 0.1) is 5.25 Å². The minimum Gasteiger partial charge on any atom is -0.485 e. The number of nitrogens with zero attached hydrogens (tertiary/aromatic N) is 2. The number of ether oxygens (including phenoxy) is 1. The molecule has 0 bridgehead atoms. The van der Waals surface area contributed by atoms with E-state index in [1.807, 2.05) is 69.3 Å². The van der Waals surface area contributed by atoms with Crippen molar-refractivity contribution < 1.29 is 9.53 Å². The summed E-state index contributed by atoms with van der Waals surface area (Å²) in [5.41, 5.74) is 2.99. The van der Waals surface area contributed by atoms with E-state index in [1.165, 1.54) is 11.8 Å². The Bertz CT molecular complexity index is 908. The minimum atomic E-state index is -0.327. The van der Waals surface area contributed by atoms with Crippen LogP contribution in [0.4, 0.5) is 5.69 Å². The largest absolute Gasteiger partial charge is 0.485 e. The summed E-state index contributed by atoms with van der Waals surface area (Å²) in [4.78, 5) is 16.7. The summed E-state index contributed by atoms with van der Waals surface area (Å²) in [5.74, 6) is 1.34. The fraction of sp³-hybridized carbons (Fsp3) is 0.250. The van der Waals surface area contributed by atoms with E-state index >= 15 is 0 Å². The molecule has 2 aromatic carbocycles. The van der Waals surface area contributed by atoms with Gasteiger partial charge in [-0.2, -0.15) is 0 Å². The van der Waals surface area contributed by atoms with Gasteiger partial charge < -0.3 is 10.1 Å². The number of amides is 1. The predicted octanol–water partition coefficient (Wildman–Crippen LogP) is 4.12. The summed E-state index contributed by atoms with van der Waals surface area (Å²) in [5, 5.41) is 10.1. The van der Waals surface area contributed by atoms with Crippen LogP contribution >= 0.6 is 11.8 Å². The van der Waals surface area contributed by atoms with Crippen molar-refractivity contribution in [2.75, 3.05) is 5.32 Å². The molecule has 0 aliphatic carbocycles. The number of anilines is 1. The maximum Gasteiger partial charge on any atom is 0.237 e. The van der Waals surface area contributed by atoms with Crippen LogP contribution in [0.15, 0.2) is 53.7 Å². The van der Waals surface area contributed by atoms with Gasteiger partial charge in [0.25, 0.3) is 0 Å². The molecule has 3 rings (SSSR count). The molecule has 1 aromatic heterocycles. The molecular formula is C20H22N4O2S. The number of benzene rings is 2. The Morgan fingerprint density at radius 1 is 1.19 bits per heavy atom. The second kappa shape index (κ2) is 8.73. The van der Waals surface area contributed by atoms with Crippen LogP contribution in [0.3, 0.4) is 0 Å². The van der Waals surface area contributed by atoms with E-state index in [4.69, 9.17) is 4.74 Å². The number of para-hydroxylation sites is 1. The lowest BCUT2D eigenvalue weighted by molar-refractivity contribution is -0.115. The average molecular weight is 382 g/mol. The van der Waals surface area contributed by atoms with Gasteiger partial charge >= 0.3 is 0 Å². The third-order valence-electron chi connectivity index (χ3n) is 3.94. The first-order valence-electron chi connectivity index (χ1n) is 8.65. The normalized spacial score (nSPS) is 11.8. The lowest BCUT2D eigenvalue weighted by Crippen LogP contribution is -2.22. The highest BCUT2D eigenvalue weighted by molar-refractivity contribution is 8.00. The third-order valence-corrected chi connectivity index (χ3v) is 4.90. The van der Waals surface area contributed by atoms with Gasteiger partial charge in [-0.1, -0.05) is 47.7 Å². The number of hydrogen-bond acceptors (Lipinski definition) is 5. The lowest BCUT2D eigenvalue weighted by atomic mass is 10.2. The number of carbonyl (C=O) groups is 1.